The van der Waals surface area contributed by atoms with Crippen LogP contribution >= 0.6 is 0 Å². The Morgan fingerprint density at radius 3 is 2.38 bits per heavy atom. The van der Waals surface area contributed by atoms with Gasteiger partial charge in [0.25, 0.3) is 0 Å². The zero-order valence-electron chi connectivity index (χ0n) is 18.6. The minimum Gasteiger partial charge on any atom is -0.497 e. The summed E-state index contributed by atoms with van der Waals surface area (Å²) in [6.45, 7) is 1.88. The molecule has 0 spiro atoms. The van der Waals surface area contributed by atoms with E-state index in [0.29, 0.717) is 12.2 Å². The van der Waals surface area contributed by atoms with Crippen LogP contribution in [0, 0.1) is 0 Å². The molecule has 1 aliphatic heterocycles. The van der Waals surface area contributed by atoms with E-state index >= 15 is 0 Å². The minimum absolute atomic E-state index is 0.0772. The molecule has 0 bridgehead atoms. The lowest BCUT2D eigenvalue weighted by Gasteiger charge is -2.32. The molecule has 0 aliphatic carbocycles. The van der Waals surface area contributed by atoms with Crippen LogP contribution in [0.5, 0.6) is 11.5 Å². The van der Waals surface area contributed by atoms with Crippen molar-refractivity contribution in [1.82, 2.24) is 0 Å². The van der Waals surface area contributed by atoms with E-state index in [-0.39, 0.29) is 25.1 Å². The second-order valence-electron chi connectivity index (χ2n) is 7.34. The molecule has 1 aliphatic rings. The predicted molar refractivity (Wildman–Crippen MR) is 121 cm³/mol. The number of nitrogens with zero attached hydrogens (tertiary/aromatic N) is 1. The molecule has 170 valence electrons. The standard InChI is InChI=1S/C25H29NO6/c1-18(26-29-3)9-16-25(27)30-17-24-23(31-21-12-10-20(28-2)11-13-21)15-14-22(32-24)19-7-5-4-6-8-19/h4-8,10-15,22-24H,9,16-17H2,1-3H3/b26-18+/t22-,23-,24+/m0/s1. The van der Waals surface area contributed by atoms with Gasteiger partial charge in [-0.25, -0.2) is 0 Å². The van der Waals surface area contributed by atoms with E-state index in [4.69, 9.17) is 23.8 Å². The van der Waals surface area contributed by atoms with Crippen molar-refractivity contribution < 1.29 is 28.6 Å². The zero-order chi connectivity index (χ0) is 22.8. The number of hydrogen-bond donors (Lipinski definition) is 0. The lowest BCUT2D eigenvalue weighted by atomic mass is 10.0. The van der Waals surface area contributed by atoms with Crippen molar-refractivity contribution >= 4 is 11.7 Å². The Morgan fingerprint density at radius 1 is 0.969 bits per heavy atom. The number of ether oxygens (including phenoxy) is 4. The number of benzene rings is 2. The Hall–Kier alpha value is -3.32. The molecular formula is C25H29NO6. The highest BCUT2D eigenvalue weighted by molar-refractivity contribution is 5.85. The highest BCUT2D eigenvalue weighted by Crippen LogP contribution is 2.29. The van der Waals surface area contributed by atoms with Crippen LogP contribution in [0.1, 0.15) is 31.4 Å². The summed E-state index contributed by atoms with van der Waals surface area (Å²) in [6.07, 6.45) is 3.49. The summed E-state index contributed by atoms with van der Waals surface area (Å²) in [5, 5.41) is 3.81. The summed E-state index contributed by atoms with van der Waals surface area (Å²) in [4.78, 5) is 16.9. The van der Waals surface area contributed by atoms with Gasteiger partial charge in [0.15, 0.2) is 0 Å². The van der Waals surface area contributed by atoms with Crippen LogP contribution in [0.2, 0.25) is 0 Å². The fourth-order valence-corrected chi connectivity index (χ4v) is 3.27. The molecule has 1 heterocycles. The Labute approximate surface area is 188 Å². The van der Waals surface area contributed by atoms with Crippen LogP contribution in [-0.4, -0.2) is 44.7 Å². The molecule has 0 radical (unpaired) electrons. The molecule has 0 aromatic heterocycles. The van der Waals surface area contributed by atoms with Crippen molar-refractivity contribution in [2.24, 2.45) is 5.16 Å². The summed E-state index contributed by atoms with van der Waals surface area (Å²) in [5.74, 6) is 1.09. The summed E-state index contributed by atoms with van der Waals surface area (Å²) in [6, 6.07) is 17.2. The monoisotopic (exact) mass is 439 g/mol. The Bertz CT molecular complexity index is 910. The lowest BCUT2D eigenvalue weighted by Crippen LogP contribution is -2.40. The number of methoxy groups -OCH3 is 1. The van der Waals surface area contributed by atoms with Crippen molar-refractivity contribution in [2.45, 2.75) is 38.1 Å². The SMILES string of the molecule is CO/N=C(\C)CCC(=O)OC[C@H]1O[C@H](c2ccccc2)C=C[C@@H]1Oc1ccc(OC)cc1. The van der Waals surface area contributed by atoms with E-state index in [1.807, 2.05) is 66.7 Å². The van der Waals surface area contributed by atoms with Gasteiger partial charge in [-0.15, -0.1) is 0 Å². The molecule has 0 N–H and O–H groups in total. The normalized spacial score (nSPS) is 20.5. The molecule has 2 aromatic rings. The number of esters is 1. The van der Waals surface area contributed by atoms with Crippen LogP contribution in [0.15, 0.2) is 71.9 Å². The number of oxime groups is 1. The van der Waals surface area contributed by atoms with E-state index < -0.39 is 12.2 Å². The van der Waals surface area contributed by atoms with Gasteiger partial charge in [-0.1, -0.05) is 41.6 Å². The number of carbonyl (C=O) groups is 1. The minimum atomic E-state index is -0.468. The second-order valence-corrected chi connectivity index (χ2v) is 7.34. The van der Waals surface area contributed by atoms with E-state index in [1.165, 1.54) is 7.11 Å². The maximum absolute atomic E-state index is 12.2. The van der Waals surface area contributed by atoms with E-state index in [9.17, 15) is 4.79 Å². The van der Waals surface area contributed by atoms with Crippen molar-refractivity contribution in [2.75, 3.05) is 20.8 Å². The Morgan fingerprint density at radius 2 is 1.69 bits per heavy atom. The van der Waals surface area contributed by atoms with Crippen LogP contribution in [-0.2, 0) is 19.1 Å². The third-order valence-corrected chi connectivity index (χ3v) is 4.97. The van der Waals surface area contributed by atoms with E-state index in [1.54, 1.807) is 14.0 Å². The Balaban J connectivity index is 1.66. The quantitative estimate of drug-likeness (QED) is 0.235. The molecule has 0 unspecified atom stereocenters. The van der Waals surface area contributed by atoms with Crippen LogP contribution in [0.25, 0.3) is 0 Å². The highest BCUT2D eigenvalue weighted by atomic mass is 16.6. The van der Waals surface area contributed by atoms with Crippen LogP contribution < -0.4 is 9.47 Å². The summed E-state index contributed by atoms with van der Waals surface area (Å²) < 4.78 is 23.1. The molecule has 3 atom stereocenters. The summed E-state index contributed by atoms with van der Waals surface area (Å²) >= 11 is 0. The molecule has 32 heavy (non-hydrogen) atoms. The fraction of sp³-hybridized carbons (Fsp3) is 0.360. The van der Waals surface area contributed by atoms with Gasteiger partial charge in [-0.3, -0.25) is 4.79 Å². The van der Waals surface area contributed by atoms with Gasteiger partial charge in [-0.05, 0) is 49.2 Å². The van der Waals surface area contributed by atoms with Gasteiger partial charge in [0.2, 0.25) is 0 Å². The van der Waals surface area contributed by atoms with E-state index in [2.05, 4.69) is 5.16 Å². The number of carbonyl (C=O) groups excluding carboxylic acids is 1. The van der Waals surface area contributed by atoms with Gasteiger partial charge < -0.3 is 23.8 Å². The largest absolute Gasteiger partial charge is 0.497 e. The van der Waals surface area contributed by atoms with Gasteiger partial charge in [-0.2, -0.15) is 0 Å². The molecule has 0 saturated carbocycles. The maximum atomic E-state index is 12.2. The van der Waals surface area contributed by atoms with E-state index in [0.717, 1.165) is 17.0 Å². The summed E-state index contributed by atoms with van der Waals surface area (Å²) in [7, 11) is 3.09. The molecule has 3 rings (SSSR count). The molecule has 0 fully saturated rings. The smallest absolute Gasteiger partial charge is 0.306 e. The molecule has 7 heteroatoms. The maximum Gasteiger partial charge on any atom is 0.306 e. The van der Waals surface area contributed by atoms with Gasteiger partial charge >= 0.3 is 5.97 Å². The average molecular weight is 440 g/mol. The average Bonchev–Trinajstić information content (AvgIpc) is 2.83. The fourth-order valence-electron chi connectivity index (χ4n) is 3.27. The predicted octanol–water partition coefficient (Wildman–Crippen LogP) is 4.48. The number of rotatable bonds is 10. The van der Waals surface area contributed by atoms with Crippen molar-refractivity contribution in [3.05, 3.63) is 72.3 Å². The van der Waals surface area contributed by atoms with Gasteiger partial charge in [0, 0.05) is 0 Å². The van der Waals surface area contributed by atoms with Gasteiger partial charge in [0.05, 0.1) is 19.2 Å². The highest BCUT2D eigenvalue weighted by Gasteiger charge is 2.31. The van der Waals surface area contributed by atoms with Crippen LogP contribution in [0.4, 0.5) is 0 Å². The second kappa shape index (κ2) is 11.9. The molecule has 0 saturated heterocycles. The van der Waals surface area contributed by atoms with Crippen molar-refractivity contribution in [3.8, 4) is 11.5 Å². The third-order valence-electron chi connectivity index (χ3n) is 4.97. The third kappa shape index (κ3) is 6.85. The zero-order valence-corrected chi connectivity index (χ0v) is 18.6. The first-order chi connectivity index (χ1) is 15.6. The van der Waals surface area contributed by atoms with Crippen molar-refractivity contribution in [3.63, 3.8) is 0 Å². The van der Waals surface area contributed by atoms with Gasteiger partial charge in [0.1, 0.15) is 43.5 Å². The Kier molecular flexibility index (Phi) is 8.69. The first-order valence-corrected chi connectivity index (χ1v) is 10.5. The lowest BCUT2D eigenvalue weighted by molar-refractivity contribution is -0.152. The summed E-state index contributed by atoms with van der Waals surface area (Å²) in [5.41, 5.74) is 1.75. The van der Waals surface area contributed by atoms with Crippen molar-refractivity contribution in [1.29, 1.82) is 0 Å². The number of hydrogen-bond acceptors (Lipinski definition) is 7. The first-order valence-electron chi connectivity index (χ1n) is 10.5. The topological polar surface area (TPSA) is 75.6 Å². The first kappa shape index (κ1) is 23.3. The van der Waals surface area contributed by atoms with Crippen LogP contribution in [0.3, 0.4) is 0 Å². The molecule has 0 amide bonds. The molecule has 2 aromatic carbocycles. The molecule has 7 nitrogen and oxygen atoms in total. The molecular weight excluding hydrogens is 410 g/mol.